The molecule has 0 aliphatic rings. The molecular formula is C14H22O3. The first-order valence-corrected chi connectivity index (χ1v) is 6.15. The number of ether oxygens (including phenoxy) is 3. The summed E-state index contributed by atoms with van der Waals surface area (Å²) in [5.41, 5.74) is 1.16. The van der Waals surface area contributed by atoms with Crippen molar-refractivity contribution < 1.29 is 14.2 Å². The summed E-state index contributed by atoms with van der Waals surface area (Å²) in [7, 11) is 1.67. The van der Waals surface area contributed by atoms with Gasteiger partial charge in [0.05, 0.1) is 26.4 Å². The molecule has 0 spiro atoms. The van der Waals surface area contributed by atoms with Gasteiger partial charge in [-0.1, -0.05) is 25.5 Å². The molecule has 1 aromatic rings. The highest BCUT2D eigenvalue weighted by Gasteiger charge is 1.96. The van der Waals surface area contributed by atoms with Gasteiger partial charge in [0.1, 0.15) is 5.75 Å². The van der Waals surface area contributed by atoms with E-state index < -0.39 is 0 Å². The van der Waals surface area contributed by atoms with E-state index in [-0.39, 0.29) is 0 Å². The predicted molar refractivity (Wildman–Crippen MR) is 68.4 cm³/mol. The molecule has 3 heteroatoms. The van der Waals surface area contributed by atoms with Gasteiger partial charge >= 0.3 is 0 Å². The monoisotopic (exact) mass is 238 g/mol. The Bertz CT molecular complexity index is 282. The zero-order valence-electron chi connectivity index (χ0n) is 10.8. The van der Waals surface area contributed by atoms with Gasteiger partial charge < -0.3 is 14.2 Å². The lowest BCUT2D eigenvalue weighted by atomic mass is 10.2. The Hall–Kier alpha value is -1.06. The van der Waals surface area contributed by atoms with E-state index in [0.717, 1.165) is 30.8 Å². The predicted octanol–water partition coefficient (Wildman–Crippen LogP) is 3.03. The quantitative estimate of drug-likeness (QED) is 0.619. The van der Waals surface area contributed by atoms with Gasteiger partial charge in [0, 0.05) is 7.11 Å². The number of hydrogen-bond acceptors (Lipinski definition) is 3. The summed E-state index contributed by atoms with van der Waals surface area (Å²) in [6, 6.07) is 8.05. The van der Waals surface area contributed by atoms with Crippen molar-refractivity contribution in [1.29, 1.82) is 0 Å². The average Bonchev–Trinajstić information content (AvgIpc) is 2.37. The Labute approximate surface area is 104 Å². The molecule has 0 N–H and O–H groups in total. The van der Waals surface area contributed by atoms with Gasteiger partial charge in [-0.25, -0.2) is 0 Å². The minimum atomic E-state index is 0.624. The van der Waals surface area contributed by atoms with Crippen molar-refractivity contribution in [1.82, 2.24) is 0 Å². The second kappa shape index (κ2) is 9.02. The highest BCUT2D eigenvalue weighted by molar-refractivity contribution is 5.26. The van der Waals surface area contributed by atoms with E-state index in [0.29, 0.717) is 19.8 Å². The number of methoxy groups -OCH3 is 1. The Morgan fingerprint density at radius 2 is 1.76 bits per heavy atom. The first-order chi connectivity index (χ1) is 8.36. The third-order valence-corrected chi connectivity index (χ3v) is 2.39. The molecule has 0 saturated carbocycles. The zero-order valence-corrected chi connectivity index (χ0v) is 10.8. The molecule has 0 aliphatic carbocycles. The molecule has 0 amide bonds. The molecule has 0 bridgehead atoms. The van der Waals surface area contributed by atoms with Crippen LogP contribution in [0.1, 0.15) is 25.3 Å². The van der Waals surface area contributed by atoms with E-state index in [1.165, 1.54) is 0 Å². The first-order valence-electron chi connectivity index (χ1n) is 6.15. The summed E-state index contributed by atoms with van der Waals surface area (Å²) in [6.07, 6.45) is 2.26. The number of benzene rings is 1. The molecule has 0 atom stereocenters. The maximum atomic E-state index is 5.58. The largest absolute Gasteiger partial charge is 0.494 e. The molecule has 0 aliphatic heterocycles. The summed E-state index contributed by atoms with van der Waals surface area (Å²) in [4.78, 5) is 0. The van der Waals surface area contributed by atoms with Gasteiger partial charge in [-0.15, -0.1) is 0 Å². The molecule has 0 saturated heterocycles. The van der Waals surface area contributed by atoms with E-state index in [1.54, 1.807) is 7.11 Å². The summed E-state index contributed by atoms with van der Waals surface area (Å²) in [5.74, 6) is 0.930. The van der Waals surface area contributed by atoms with Crippen LogP contribution in [0.25, 0.3) is 0 Å². The standard InChI is InChI=1S/C14H22O3/c1-3-4-9-17-14-7-5-13(6-8-14)12-16-11-10-15-2/h5-8H,3-4,9-12H2,1-2H3. The van der Waals surface area contributed by atoms with Crippen molar-refractivity contribution in [2.45, 2.75) is 26.4 Å². The lowest BCUT2D eigenvalue weighted by Gasteiger charge is -2.07. The molecule has 0 heterocycles. The van der Waals surface area contributed by atoms with Crippen molar-refractivity contribution in [2.75, 3.05) is 26.9 Å². The second-order valence-electron chi connectivity index (χ2n) is 3.89. The summed E-state index contributed by atoms with van der Waals surface area (Å²) in [6.45, 7) is 4.84. The number of hydrogen-bond donors (Lipinski definition) is 0. The van der Waals surface area contributed by atoms with Gasteiger partial charge in [-0.2, -0.15) is 0 Å². The summed E-state index contributed by atoms with van der Waals surface area (Å²) < 4.78 is 15.9. The molecule has 0 radical (unpaired) electrons. The molecule has 1 rings (SSSR count). The van der Waals surface area contributed by atoms with E-state index in [1.807, 2.05) is 24.3 Å². The van der Waals surface area contributed by atoms with E-state index in [2.05, 4.69) is 6.92 Å². The van der Waals surface area contributed by atoms with Gasteiger partial charge in [0.15, 0.2) is 0 Å². The number of rotatable bonds is 9. The van der Waals surface area contributed by atoms with Crippen LogP contribution in [-0.4, -0.2) is 26.9 Å². The molecule has 3 nitrogen and oxygen atoms in total. The van der Waals surface area contributed by atoms with Gasteiger partial charge in [-0.3, -0.25) is 0 Å². The topological polar surface area (TPSA) is 27.7 Å². The maximum Gasteiger partial charge on any atom is 0.119 e. The van der Waals surface area contributed by atoms with Crippen molar-refractivity contribution in [3.8, 4) is 5.75 Å². The highest BCUT2D eigenvalue weighted by atomic mass is 16.5. The third-order valence-electron chi connectivity index (χ3n) is 2.39. The summed E-state index contributed by atoms with van der Waals surface area (Å²) in [5, 5.41) is 0. The fraction of sp³-hybridized carbons (Fsp3) is 0.571. The van der Waals surface area contributed by atoms with Crippen LogP contribution in [0.2, 0.25) is 0 Å². The summed E-state index contributed by atoms with van der Waals surface area (Å²) >= 11 is 0. The van der Waals surface area contributed by atoms with Gasteiger partial charge in [0.2, 0.25) is 0 Å². The smallest absolute Gasteiger partial charge is 0.119 e. The average molecular weight is 238 g/mol. The molecule has 0 unspecified atom stereocenters. The van der Waals surface area contributed by atoms with Crippen LogP contribution < -0.4 is 4.74 Å². The van der Waals surface area contributed by atoms with Crippen LogP contribution in [0.15, 0.2) is 24.3 Å². The van der Waals surface area contributed by atoms with Crippen LogP contribution in [-0.2, 0) is 16.1 Å². The SMILES string of the molecule is CCCCOc1ccc(COCCOC)cc1. The number of unbranched alkanes of at least 4 members (excludes halogenated alkanes) is 1. The van der Waals surface area contributed by atoms with Crippen molar-refractivity contribution in [3.63, 3.8) is 0 Å². The fourth-order valence-corrected chi connectivity index (χ4v) is 1.35. The molecular weight excluding hydrogens is 216 g/mol. The van der Waals surface area contributed by atoms with Crippen molar-refractivity contribution >= 4 is 0 Å². The lowest BCUT2D eigenvalue weighted by Crippen LogP contribution is -2.02. The van der Waals surface area contributed by atoms with Crippen LogP contribution in [0.3, 0.4) is 0 Å². The van der Waals surface area contributed by atoms with E-state index >= 15 is 0 Å². The molecule has 17 heavy (non-hydrogen) atoms. The van der Waals surface area contributed by atoms with Crippen LogP contribution in [0.4, 0.5) is 0 Å². The van der Waals surface area contributed by atoms with Gasteiger partial charge in [0.25, 0.3) is 0 Å². The van der Waals surface area contributed by atoms with E-state index in [4.69, 9.17) is 14.2 Å². The third kappa shape index (κ3) is 6.29. The maximum absolute atomic E-state index is 5.58. The molecule has 0 aromatic heterocycles. The van der Waals surface area contributed by atoms with Crippen molar-refractivity contribution in [3.05, 3.63) is 29.8 Å². The Morgan fingerprint density at radius 3 is 2.41 bits per heavy atom. The highest BCUT2D eigenvalue weighted by Crippen LogP contribution is 2.13. The van der Waals surface area contributed by atoms with Crippen molar-refractivity contribution in [2.24, 2.45) is 0 Å². The van der Waals surface area contributed by atoms with Crippen LogP contribution >= 0.6 is 0 Å². The molecule has 0 fully saturated rings. The van der Waals surface area contributed by atoms with E-state index in [9.17, 15) is 0 Å². The van der Waals surface area contributed by atoms with Gasteiger partial charge in [-0.05, 0) is 24.1 Å². The molecule has 1 aromatic carbocycles. The minimum Gasteiger partial charge on any atom is -0.494 e. The second-order valence-corrected chi connectivity index (χ2v) is 3.89. The lowest BCUT2D eigenvalue weighted by molar-refractivity contribution is 0.0616. The normalized spacial score (nSPS) is 10.5. The Kier molecular flexibility index (Phi) is 7.43. The minimum absolute atomic E-state index is 0.624. The Morgan fingerprint density at radius 1 is 1.00 bits per heavy atom. The van der Waals surface area contributed by atoms with Crippen LogP contribution in [0, 0.1) is 0 Å². The zero-order chi connectivity index (χ0) is 12.3. The Balaban J connectivity index is 2.24. The molecule has 96 valence electrons. The first kappa shape index (κ1) is 14.0. The fourth-order valence-electron chi connectivity index (χ4n) is 1.35. The van der Waals surface area contributed by atoms with Crippen LogP contribution in [0.5, 0.6) is 5.75 Å².